The molecule has 4 aromatic rings. The summed E-state index contributed by atoms with van der Waals surface area (Å²) in [5, 5.41) is 7.95. The predicted molar refractivity (Wildman–Crippen MR) is 125 cm³/mol. The molecule has 0 aliphatic carbocycles. The Morgan fingerprint density at radius 1 is 0.886 bits per heavy atom. The van der Waals surface area contributed by atoms with E-state index in [1.165, 1.54) is 12.1 Å². The smallest absolute Gasteiger partial charge is 0.243 e. The van der Waals surface area contributed by atoms with Crippen LogP contribution < -0.4 is 15.6 Å². The lowest BCUT2D eigenvalue weighted by atomic mass is 9.76. The molecule has 0 unspecified atom stereocenters. The molecule has 0 spiro atoms. The maximum atomic E-state index is 11.0. The number of rotatable bonds is 9. The van der Waals surface area contributed by atoms with Crippen LogP contribution >= 0.6 is 0 Å². The zero-order valence-electron chi connectivity index (χ0n) is 19.7. The molecule has 0 saturated heterocycles. The van der Waals surface area contributed by atoms with Crippen molar-refractivity contribution >= 4 is 16.0 Å². The van der Waals surface area contributed by atoms with Crippen LogP contribution in [0.2, 0.25) is 0 Å². The maximum absolute atomic E-state index is 11.0. The lowest BCUT2D eigenvalue weighted by molar-refractivity contribution is 0.242. The Morgan fingerprint density at radius 3 is 1.71 bits per heavy atom. The monoisotopic (exact) mass is 502 g/mol. The fourth-order valence-electron chi connectivity index (χ4n) is 3.71. The molecule has 0 fully saturated rings. The first-order valence-electron chi connectivity index (χ1n) is 10.2. The van der Waals surface area contributed by atoms with E-state index in [4.69, 9.17) is 13.8 Å². The van der Waals surface area contributed by atoms with Gasteiger partial charge in [-0.3, -0.25) is 4.72 Å². The van der Waals surface area contributed by atoms with E-state index in [2.05, 4.69) is 20.3 Å². The van der Waals surface area contributed by atoms with E-state index in [1.54, 1.807) is 33.1 Å². The molecule has 35 heavy (non-hydrogen) atoms. The van der Waals surface area contributed by atoms with Crippen LogP contribution in [0.25, 0.3) is 0 Å². The van der Waals surface area contributed by atoms with E-state index < -0.39 is 15.7 Å². The number of hydrogen-bond donors (Lipinski definition) is 2. The van der Waals surface area contributed by atoms with Gasteiger partial charge in [0.1, 0.15) is 11.2 Å². The second kappa shape index (κ2) is 10.2. The molecular formula is C22H26N6O6S. The number of nitrogens with zero attached hydrogens (tertiary/aromatic N) is 4. The first-order chi connectivity index (χ1) is 16.2. The van der Waals surface area contributed by atoms with E-state index >= 15 is 0 Å². The number of anilines is 1. The molecule has 12 nitrogen and oxygen atoms in total. The van der Waals surface area contributed by atoms with Gasteiger partial charge in [0, 0.05) is 5.69 Å². The van der Waals surface area contributed by atoms with Gasteiger partial charge in [-0.15, -0.1) is 0 Å². The molecule has 0 bridgehead atoms. The zero-order chi connectivity index (χ0) is 24.3. The van der Waals surface area contributed by atoms with Crippen LogP contribution in [0.3, 0.4) is 0 Å². The molecule has 0 aliphatic heterocycles. The Balaban J connectivity index is 0.00000342. The van der Waals surface area contributed by atoms with E-state index in [1.807, 2.05) is 29.0 Å². The summed E-state index contributed by atoms with van der Waals surface area (Å²) >= 11 is 0. The van der Waals surface area contributed by atoms with Crippen molar-refractivity contribution in [1.82, 2.24) is 26.4 Å². The number of aryl methyl sites for hydroxylation is 2. The molecular weight excluding hydrogens is 476 g/mol. The molecule has 5 N–H and O–H groups in total. The summed E-state index contributed by atoms with van der Waals surface area (Å²) in [6, 6.07) is 13.9. The maximum Gasteiger partial charge on any atom is 0.243 e. The van der Waals surface area contributed by atoms with Crippen molar-refractivity contribution in [2.24, 2.45) is 0 Å². The van der Waals surface area contributed by atoms with Gasteiger partial charge in [-0.25, -0.2) is 8.42 Å². The summed E-state index contributed by atoms with van der Waals surface area (Å²) in [7, 11) is -3.03. The van der Waals surface area contributed by atoms with Crippen molar-refractivity contribution in [2.75, 3.05) is 11.8 Å². The number of aromatic nitrogens is 4. The quantitative estimate of drug-likeness (QED) is 0.321. The normalized spacial score (nSPS) is 11.7. The van der Waals surface area contributed by atoms with Crippen LogP contribution in [0.4, 0.5) is 5.69 Å². The largest absolute Gasteiger partial charge is 0.731 e. The fraction of sp³-hybridized carbons (Fsp3) is 0.273. The van der Waals surface area contributed by atoms with Gasteiger partial charge < -0.3 is 24.5 Å². The molecule has 0 aliphatic rings. The van der Waals surface area contributed by atoms with Crippen molar-refractivity contribution < 1.29 is 26.8 Å². The van der Waals surface area contributed by atoms with Gasteiger partial charge in [-0.1, -0.05) is 34.6 Å². The van der Waals surface area contributed by atoms with Gasteiger partial charge in [0.15, 0.2) is 22.0 Å². The third-order valence-corrected chi connectivity index (χ3v) is 5.73. The standard InChI is InChI=1S/C22H23N5O6S.H3N/c1-14-23-20(32-25-14)22(21-24-15(2)26-33-21,13-17-6-10-19(31-3)11-7-17)12-16-4-8-18(9-5-16)27-34(28,29)30;/h4-11,27H,12-13H2,1-3H3,(H,28,29,30);1H3. The van der Waals surface area contributed by atoms with Gasteiger partial charge in [0.25, 0.3) is 0 Å². The minimum Gasteiger partial charge on any atom is -0.731 e. The SMILES string of the molecule is COc1ccc(CC(Cc2ccc(NS(=O)(=O)[O-])cc2)(c2nc(C)no2)c2nc(C)no2)cc1.[NH4+]. The minimum absolute atomic E-state index is 0. The molecule has 0 atom stereocenters. The second-order valence-electron chi connectivity index (χ2n) is 7.83. The highest BCUT2D eigenvalue weighted by Crippen LogP contribution is 2.38. The van der Waals surface area contributed by atoms with Crippen LogP contribution in [-0.4, -0.2) is 40.4 Å². The molecule has 13 heteroatoms. The molecule has 0 radical (unpaired) electrons. The van der Waals surface area contributed by atoms with Crippen LogP contribution in [0.1, 0.15) is 34.6 Å². The second-order valence-corrected chi connectivity index (χ2v) is 8.94. The number of benzene rings is 2. The van der Waals surface area contributed by atoms with Crippen LogP contribution in [0.5, 0.6) is 5.75 Å². The molecule has 2 aromatic heterocycles. The highest BCUT2D eigenvalue weighted by atomic mass is 32.2. The van der Waals surface area contributed by atoms with Gasteiger partial charge in [0.05, 0.1) is 7.11 Å². The zero-order valence-corrected chi connectivity index (χ0v) is 20.5. The predicted octanol–water partition coefficient (Wildman–Crippen LogP) is 3.10. The highest BCUT2D eigenvalue weighted by molar-refractivity contribution is 7.87. The number of hydrogen-bond acceptors (Lipinski definition) is 10. The average Bonchev–Trinajstić information content (AvgIpc) is 3.43. The Hall–Kier alpha value is -3.81. The first-order valence-corrected chi connectivity index (χ1v) is 11.6. The van der Waals surface area contributed by atoms with Gasteiger partial charge >= 0.3 is 0 Å². The van der Waals surface area contributed by atoms with E-state index in [9.17, 15) is 13.0 Å². The van der Waals surface area contributed by atoms with E-state index in [-0.39, 0.29) is 11.8 Å². The summed E-state index contributed by atoms with van der Waals surface area (Å²) in [6.45, 7) is 3.43. The minimum atomic E-state index is -4.63. The lowest BCUT2D eigenvalue weighted by Gasteiger charge is -2.27. The third-order valence-electron chi connectivity index (χ3n) is 5.24. The van der Waals surface area contributed by atoms with Gasteiger partial charge in [-0.05, 0) is 62.1 Å². The molecule has 0 amide bonds. The lowest BCUT2D eigenvalue weighted by Crippen LogP contribution is -2.34. The van der Waals surface area contributed by atoms with Crippen molar-refractivity contribution in [2.45, 2.75) is 32.1 Å². The van der Waals surface area contributed by atoms with Crippen molar-refractivity contribution in [3.8, 4) is 5.75 Å². The number of nitrogens with one attached hydrogen (secondary N) is 1. The van der Waals surface area contributed by atoms with Crippen LogP contribution in [-0.2, 0) is 28.6 Å². The Bertz CT molecular complexity index is 1330. The van der Waals surface area contributed by atoms with Gasteiger partial charge in [-0.2, -0.15) is 9.97 Å². The number of methoxy groups -OCH3 is 1. The molecule has 186 valence electrons. The highest BCUT2D eigenvalue weighted by Gasteiger charge is 2.45. The Morgan fingerprint density at radius 2 is 1.34 bits per heavy atom. The van der Waals surface area contributed by atoms with Gasteiger partial charge in [0.2, 0.25) is 11.8 Å². The van der Waals surface area contributed by atoms with Crippen molar-refractivity contribution in [3.63, 3.8) is 0 Å². The van der Waals surface area contributed by atoms with Crippen molar-refractivity contribution in [3.05, 3.63) is 83.1 Å². The molecule has 4 rings (SSSR count). The van der Waals surface area contributed by atoms with E-state index in [0.29, 0.717) is 42.0 Å². The Kier molecular flexibility index (Phi) is 7.53. The van der Waals surface area contributed by atoms with Crippen LogP contribution in [0, 0.1) is 13.8 Å². The summed E-state index contributed by atoms with van der Waals surface area (Å²) in [4.78, 5) is 9.00. The topological polar surface area (TPSA) is 193 Å². The molecule has 0 saturated carbocycles. The Labute approximate surface area is 202 Å². The average molecular weight is 503 g/mol. The summed E-state index contributed by atoms with van der Waals surface area (Å²) in [5.74, 6) is 2.21. The number of quaternary nitrogens is 1. The van der Waals surface area contributed by atoms with Crippen LogP contribution in [0.15, 0.2) is 57.6 Å². The first kappa shape index (κ1) is 25.8. The summed E-state index contributed by atoms with van der Waals surface area (Å²) < 4.78 is 51.5. The van der Waals surface area contributed by atoms with Crippen molar-refractivity contribution in [1.29, 1.82) is 0 Å². The molecule has 2 aromatic carbocycles. The third kappa shape index (κ3) is 6.01. The molecule has 2 heterocycles. The summed E-state index contributed by atoms with van der Waals surface area (Å²) in [6.07, 6.45) is 0.696. The number of ether oxygens (including phenoxy) is 1. The fourth-order valence-corrected chi connectivity index (χ4v) is 4.14. The summed E-state index contributed by atoms with van der Waals surface area (Å²) in [5.41, 5.74) is 0.857. The van der Waals surface area contributed by atoms with E-state index in [0.717, 1.165) is 11.1 Å².